The first-order valence-corrected chi connectivity index (χ1v) is 9.23. The monoisotopic (exact) mass is 421 g/mol. The van der Waals surface area contributed by atoms with Gasteiger partial charge in [0.1, 0.15) is 0 Å². The summed E-state index contributed by atoms with van der Waals surface area (Å²) in [6.07, 6.45) is 3.32. The minimum absolute atomic E-state index is 0.258. The van der Waals surface area contributed by atoms with Gasteiger partial charge < -0.3 is 19.5 Å². The highest BCUT2D eigenvalue weighted by Gasteiger charge is 2.17. The third-order valence-corrected chi connectivity index (χ3v) is 4.68. The van der Waals surface area contributed by atoms with E-state index < -0.39 is 0 Å². The van der Waals surface area contributed by atoms with Gasteiger partial charge >= 0.3 is 0 Å². The van der Waals surface area contributed by atoms with Crippen LogP contribution < -0.4 is 19.5 Å². The van der Waals surface area contributed by atoms with E-state index in [1.165, 1.54) is 26.9 Å². The molecular weight excluding hydrogens is 398 g/mol. The van der Waals surface area contributed by atoms with E-state index in [2.05, 4.69) is 28.2 Å². The highest BCUT2D eigenvalue weighted by atomic mass is 79.9. The Morgan fingerprint density at radius 1 is 1.04 bits per heavy atom. The first kappa shape index (κ1) is 20.1. The number of ether oxygens (including phenoxy) is 3. The van der Waals surface area contributed by atoms with E-state index in [1.807, 2.05) is 18.2 Å². The maximum atomic E-state index is 12.7. The van der Waals surface area contributed by atoms with Gasteiger partial charge in [0.25, 0.3) is 5.91 Å². The van der Waals surface area contributed by atoms with Crippen molar-refractivity contribution in [2.45, 2.75) is 26.2 Å². The number of amides is 1. The van der Waals surface area contributed by atoms with E-state index in [-0.39, 0.29) is 5.91 Å². The minimum atomic E-state index is -0.258. The minimum Gasteiger partial charge on any atom is -0.493 e. The number of methoxy groups -OCH3 is 3. The maximum Gasteiger partial charge on any atom is 0.255 e. The standard InChI is InChI=1S/C20H24BrNO4/c1-5-6-7-13-8-9-16(15(21)10-13)22-20(23)14-11-17(24-2)19(26-4)18(12-14)25-3/h8-12H,5-7H2,1-4H3,(H,22,23). The number of unbranched alkanes of at least 4 members (excludes halogenated alkanes) is 1. The second-order valence-electron chi connectivity index (χ2n) is 5.79. The first-order valence-electron chi connectivity index (χ1n) is 8.43. The fourth-order valence-corrected chi connectivity index (χ4v) is 3.13. The lowest BCUT2D eigenvalue weighted by Gasteiger charge is -2.14. The van der Waals surface area contributed by atoms with Gasteiger partial charge in [-0.25, -0.2) is 0 Å². The summed E-state index contributed by atoms with van der Waals surface area (Å²) >= 11 is 3.54. The Hall–Kier alpha value is -2.21. The summed E-state index contributed by atoms with van der Waals surface area (Å²) in [4.78, 5) is 12.7. The molecule has 0 aliphatic carbocycles. The molecule has 1 N–H and O–H groups in total. The lowest BCUT2D eigenvalue weighted by molar-refractivity contribution is 0.102. The maximum absolute atomic E-state index is 12.7. The topological polar surface area (TPSA) is 56.8 Å². The highest BCUT2D eigenvalue weighted by molar-refractivity contribution is 9.10. The molecule has 0 aliphatic heterocycles. The Kier molecular flexibility index (Phi) is 7.33. The number of carbonyl (C=O) groups is 1. The van der Waals surface area contributed by atoms with Crippen LogP contribution in [0.3, 0.4) is 0 Å². The van der Waals surface area contributed by atoms with Gasteiger partial charge in [-0.2, -0.15) is 0 Å². The Morgan fingerprint density at radius 2 is 1.69 bits per heavy atom. The summed E-state index contributed by atoms with van der Waals surface area (Å²) in [5, 5.41) is 2.91. The molecule has 140 valence electrons. The molecule has 5 nitrogen and oxygen atoms in total. The number of carbonyl (C=O) groups excluding carboxylic acids is 1. The molecule has 0 atom stereocenters. The Labute approximate surface area is 162 Å². The van der Waals surface area contributed by atoms with Crippen LogP contribution in [0.25, 0.3) is 0 Å². The molecule has 2 aromatic carbocycles. The van der Waals surface area contributed by atoms with Gasteiger partial charge in [0.15, 0.2) is 11.5 Å². The molecule has 1 amide bonds. The molecule has 0 aliphatic rings. The number of anilines is 1. The number of halogens is 1. The molecule has 0 bridgehead atoms. The lowest BCUT2D eigenvalue weighted by atomic mass is 10.1. The van der Waals surface area contributed by atoms with Crippen molar-refractivity contribution in [3.8, 4) is 17.2 Å². The zero-order chi connectivity index (χ0) is 19.1. The second kappa shape index (κ2) is 9.48. The van der Waals surface area contributed by atoms with E-state index in [0.29, 0.717) is 28.5 Å². The van der Waals surface area contributed by atoms with E-state index in [9.17, 15) is 4.79 Å². The van der Waals surface area contributed by atoms with Crippen LogP contribution in [0.4, 0.5) is 5.69 Å². The van der Waals surface area contributed by atoms with E-state index in [0.717, 1.165) is 23.7 Å². The van der Waals surface area contributed by atoms with Crippen LogP contribution >= 0.6 is 15.9 Å². The van der Waals surface area contributed by atoms with Crippen molar-refractivity contribution in [3.05, 3.63) is 45.9 Å². The second-order valence-corrected chi connectivity index (χ2v) is 6.64. The van der Waals surface area contributed by atoms with Gasteiger partial charge in [0.05, 0.1) is 27.0 Å². The number of aryl methyl sites for hydroxylation is 1. The third-order valence-electron chi connectivity index (χ3n) is 4.03. The number of hydrogen-bond donors (Lipinski definition) is 1. The highest BCUT2D eigenvalue weighted by Crippen LogP contribution is 2.38. The van der Waals surface area contributed by atoms with Crippen LogP contribution in [0.1, 0.15) is 35.7 Å². The molecule has 0 saturated carbocycles. The van der Waals surface area contributed by atoms with Gasteiger partial charge in [0.2, 0.25) is 5.75 Å². The summed E-state index contributed by atoms with van der Waals surface area (Å²) < 4.78 is 16.7. The average Bonchev–Trinajstić information content (AvgIpc) is 2.66. The molecule has 6 heteroatoms. The smallest absolute Gasteiger partial charge is 0.255 e. The fraction of sp³-hybridized carbons (Fsp3) is 0.350. The lowest BCUT2D eigenvalue weighted by Crippen LogP contribution is -2.13. The largest absolute Gasteiger partial charge is 0.493 e. The van der Waals surface area contributed by atoms with Crippen LogP contribution in [0.15, 0.2) is 34.8 Å². The molecule has 26 heavy (non-hydrogen) atoms. The predicted octanol–water partition coefficient (Wildman–Crippen LogP) is 5.07. The number of benzene rings is 2. The molecule has 0 saturated heterocycles. The third kappa shape index (κ3) is 4.69. The predicted molar refractivity (Wildman–Crippen MR) is 107 cm³/mol. The van der Waals surface area contributed by atoms with Gasteiger partial charge in [-0.05, 0) is 58.6 Å². The molecule has 0 fully saturated rings. The molecule has 0 spiro atoms. The van der Waals surface area contributed by atoms with Crippen LogP contribution in [-0.2, 0) is 6.42 Å². The molecule has 2 rings (SSSR count). The zero-order valence-electron chi connectivity index (χ0n) is 15.5. The van der Waals surface area contributed by atoms with Crippen LogP contribution in [-0.4, -0.2) is 27.2 Å². The van der Waals surface area contributed by atoms with Crippen molar-refractivity contribution < 1.29 is 19.0 Å². The van der Waals surface area contributed by atoms with Crippen molar-refractivity contribution in [2.24, 2.45) is 0 Å². The Morgan fingerprint density at radius 3 is 2.19 bits per heavy atom. The fourth-order valence-electron chi connectivity index (χ4n) is 2.60. The number of hydrogen-bond acceptors (Lipinski definition) is 4. The van der Waals surface area contributed by atoms with Crippen LogP contribution in [0.5, 0.6) is 17.2 Å². The summed E-state index contributed by atoms with van der Waals surface area (Å²) in [5.41, 5.74) is 2.37. The Balaban J connectivity index is 2.24. The first-order chi connectivity index (χ1) is 12.5. The van der Waals surface area contributed by atoms with Crippen molar-refractivity contribution in [3.63, 3.8) is 0 Å². The van der Waals surface area contributed by atoms with Crippen LogP contribution in [0.2, 0.25) is 0 Å². The normalized spacial score (nSPS) is 10.3. The van der Waals surface area contributed by atoms with Gasteiger partial charge in [-0.1, -0.05) is 19.4 Å². The average molecular weight is 422 g/mol. The molecule has 0 unspecified atom stereocenters. The van der Waals surface area contributed by atoms with Gasteiger partial charge in [-0.3, -0.25) is 4.79 Å². The van der Waals surface area contributed by atoms with Gasteiger partial charge in [0, 0.05) is 10.0 Å². The van der Waals surface area contributed by atoms with Crippen molar-refractivity contribution in [1.29, 1.82) is 0 Å². The van der Waals surface area contributed by atoms with E-state index in [4.69, 9.17) is 14.2 Å². The quantitative estimate of drug-likeness (QED) is 0.646. The summed E-state index contributed by atoms with van der Waals surface area (Å²) in [6, 6.07) is 9.23. The zero-order valence-corrected chi connectivity index (χ0v) is 17.1. The number of nitrogens with one attached hydrogen (secondary N) is 1. The van der Waals surface area contributed by atoms with Crippen molar-refractivity contribution in [2.75, 3.05) is 26.6 Å². The molecule has 0 radical (unpaired) electrons. The SMILES string of the molecule is CCCCc1ccc(NC(=O)c2cc(OC)c(OC)c(OC)c2)c(Br)c1. The van der Waals surface area contributed by atoms with Crippen molar-refractivity contribution in [1.82, 2.24) is 0 Å². The van der Waals surface area contributed by atoms with Crippen molar-refractivity contribution >= 4 is 27.5 Å². The molecule has 0 heterocycles. The summed E-state index contributed by atoms with van der Waals surface area (Å²) in [6.45, 7) is 2.17. The Bertz CT molecular complexity index is 751. The molecular formula is C20H24BrNO4. The molecule has 0 aromatic heterocycles. The van der Waals surface area contributed by atoms with E-state index >= 15 is 0 Å². The van der Waals surface area contributed by atoms with Gasteiger partial charge in [-0.15, -0.1) is 0 Å². The summed E-state index contributed by atoms with van der Waals surface area (Å²) in [5.74, 6) is 1.07. The number of rotatable bonds is 8. The summed E-state index contributed by atoms with van der Waals surface area (Å²) in [7, 11) is 4.56. The van der Waals surface area contributed by atoms with E-state index in [1.54, 1.807) is 12.1 Å². The molecule has 2 aromatic rings. The van der Waals surface area contributed by atoms with Crippen LogP contribution in [0, 0.1) is 0 Å².